The number of nitrogen functional groups attached to an aromatic ring is 1. The third kappa shape index (κ3) is 2.34. The summed E-state index contributed by atoms with van der Waals surface area (Å²) >= 11 is 0. The van der Waals surface area contributed by atoms with Gasteiger partial charge < -0.3 is 10.6 Å². The first-order valence-electron chi connectivity index (χ1n) is 5.68. The maximum absolute atomic E-state index is 13.7. The molecule has 0 saturated heterocycles. The van der Waals surface area contributed by atoms with Crippen LogP contribution in [0, 0.1) is 11.6 Å². The molecule has 18 heavy (non-hydrogen) atoms. The van der Waals surface area contributed by atoms with E-state index in [4.69, 9.17) is 5.73 Å². The van der Waals surface area contributed by atoms with Gasteiger partial charge in [-0.05, 0) is 25.5 Å². The van der Waals surface area contributed by atoms with Gasteiger partial charge in [-0.1, -0.05) is 11.6 Å². The summed E-state index contributed by atoms with van der Waals surface area (Å²) in [5, 5.41) is 0. The SMILES string of the molecule is CC1=CCN(C(=O)c2cc(F)cc(N)c2F)CC1. The van der Waals surface area contributed by atoms with Crippen molar-refractivity contribution in [3.05, 3.63) is 41.0 Å². The van der Waals surface area contributed by atoms with E-state index in [0.29, 0.717) is 13.1 Å². The highest BCUT2D eigenvalue weighted by Gasteiger charge is 2.22. The quantitative estimate of drug-likeness (QED) is 0.616. The Kier molecular flexibility index (Phi) is 3.32. The lowest BCUT2D eigenvalue weighted by Gasteiger charge is -2.25. The van der Waals surface area contributed by atoms with Gasteiger partial charge in [0.1, 0.15) is 5.82 Å². The first-order chi connectivity index (χ1) is 8.49. The first kappa shape index (κ1) is 12.5. The molecule has 2 N–H and O–H groups in total. The van der Waals surface area contributed by atoms with Gasteiger partial charge in [-0.2, -0.15) is 0 Å². The van der Waals surface area contributed by atoms with E-state index in [0.717, 1.165) is 18.6 Å². The standard InChI is InChI=1S/C13H14F2N2O/c1-8-2-4-17(5-3-8)13(18)10-6-9(14)7-11(16)12(10)15/h2,6-7H,3-5,16H2,1H3. The molecule has 1 aromatic carbocycles. The van der Waals surface area contributed by atoms with Crippen LogP contribution in [0.2, 0.25) is 0 Å². The van der Waals surface area contributed by atoms with Crippen LogP contribution in [-0.2, 0) is 0 Å². The minimum Gasteiger partial charge on any atom is -0.396 e. The van der Waals surface area contributed by atoms with Crippen molar-refractivity contribution in [1.82, 2.24) is 4.90 Å². The number of anilines is 1. The molecule has 0 bridgehead atoms. The zero-order valence-electron chi connectivity index (χ0n) is 10.0. The molecule has 0 radical (unpaired) electrons. The molecular weight excluding hydrogens is 238 g/mol. The Labute approximate surface area is 104 Å². The number of hydrogen-bond acceptors (Lipinski definition) is 2. The second-order valence-corrected chi connectivity index (χ2v) is 4.41. The number of hydrogen-bond donors (Lipinski definition) is 1. The van der Waals surface area contributed by atoms with Gasteiger partial charge >= 0.3 is 0 Å². The smallest absolute Gasteiger partial charge is 0.257 e. The van der Waals surface area contributed by atoms with Gasteiger partial charge in [-0.3, -0.25) is 4.79 Å². The molecule has 96 valence electrons. The molecule has 0 aliphatic carbocycles. The molecule has 0 atom stereocenters. The number of halogens is 2. The van der Waals surface area contributed by atoms with Gasteiger partial charge in [-0.25, -0.2) is 8.78 Å². The summed E-state index contributed by atoms with van der Waals surface area (Å²) in [4.78, 5) is 13.5. The summed E-state index contributed by atoms with van der Waals surface area (Å²) in [6, 6.07) is 1.76. The number of carbonyl (C=O) groups excluding carboxylic acids is 1. The summed E-state index contributed by atoms with van der Waals surface area (Å²) in [6.07, 6.45) is 2.65. The van der Waals surface area contributed by atoms with Crippen molar-refractivity contribution in [2.24, 2.45) is 0 Å². The van der Waals surface area contributed by atoms with E-state index in [1.54, 1.807) is 0 Å². The fraction of sp³-hybridized carbons (Fsp3) is 0.308. The highest BCUT2D eigenvalue weighted by atomic mass is 19.1. The molecule has 2 rings (SSSR count). The van der Waals surface area contributed by atoms with Crippen LogP contribution < -0.4 is 5.73 Å². The van der Waals surface area contributed by atoms with E-state index >= 15 is 0 Å². The number of carbonyl (C=O) groups is 1. The number of nitrogens with zero attached hydrogens (tertiary/aromatic N) is 1. The molecule has 1 aliphatic heterocycles. The van der Waals surface area contributed by atoms with E-state index in [9.17, 15) is 13.6 Å². The number of benzene rings is 1. The van der Waals surface area contributed by atoms with Crippen LogP contribution in [0.5, 0.6) is 0 Å². The van der Waals surface area contributed by atoms with E-state index < -0.39 is 17.5 Å². The minimum absolute atomic E-state index is 0.305. The van der Waals surface area contributed by atoms with Crippen molar-refractivity contribution in [3.8, 4) is 0 Å². The lowest BCUT2D eigenvalue weighted by molar-refractivity contribution is 0.0764. The summed E-state index contributed by atoms with van der Waals surface area (Å²) in [5.74, 6) is -2.09. The highest BCUT2D eigenvalue weighted by molar-refractivity contribution is 5.95. The van der Waals surface area contributed by atoms with Crippen molar-refractivity contribution in [2.45, 2.75) is 13.3 Å². The highest BCUT2D eigenvalue weighted by Crippen LogP contribution is 2.20. The van der Waals surface area contributed by atoms with Crippen molar-refractivity contribution >= 4 is 11.6 Å². The number of amides is 1. The molecule has 0 saturated carbocycles. The average molecular weight is 252 g/mol. The van der Waals surface area contributed by atoms with E-state index in [1.165, 1.54) is 10.5 Å². The minimum atomic E-state index is -0.854. The van der Waals surface area contributed by atoms with E-state index in [2.05, 4.69) is 0 Å². The molecule has 0 unspecified atom stereocenters. The maximum Gasteiger partial charge on any atom is 0.257 e. The molecule has 1 aromatic rings. The normalized spacial score (nSPS) is 15.5. The van der Waals surface area contributed by atoms with Gasteiger partial charge in [0, 0.05) is 13.1 Å². The van der Waals surface area contributed by atoms with Gasteiger partial charge in [0.2, 0.25) is 0 Å². The largest absolute Gasteiger partial charge is 0.396 e. The van der Waals surface area contributed by atoms with Crippen molar-refractivity contribution in [2.75, 3.05) is 18.8 Å². The number of nitrogens with two attached hydrogens (primary N) is 1. The van der Waals surface area contributed by atoms with Gasteiger partial charge in [0.15, 0.2) is 5.82 Å². The van der Waals surface area contributed by atoms with E-state index in [1.807, 2.05) is 13.0 Å². The molecule has 0 aromatic heterocycles. The zero-order valence-corrected chi connectivity index (χ0v) is 10.0. The average Bonchev–Trinajstić information content (AvgIpc) is 2.34. The molecule has 0 fully saturated rings. The number of rotatable bonds is 1. The Balaban J connectivity index is 2.29. The monoisotopic (exact) mass is 252 g/mol. The van der Waals surface area contributed by atoms with Crippen LogP contribution in [0.15, 0.2) is 23.8 Å². The summed E-state index contributed by atoms with van der Waals surface area (Å²) in [5.41, 5.74) is 5.86. The Morgan fingerprint density at radius 2 is 2.11 bits per heavy atom. The fourth-order valence-corrected chi connectivity index (χ4v) is 1.89. The molecular formula is C13H14F2N2O. The van der Waals surface area contributed by atoms with Gasteiger partial charge in [-0.15, -0.1) is 0 Å². The third-order valence-electron chi connectivity index (χ3n) is 3.02. The van der Waals surface area contributed by atoms with Crippen LogP contribution in [0.3, 0.4) is 0 Å². The predicted molar refractivity (Wildman–Crippen MR) is 65.0 cm³/mol. The molecule has 5 heteroatoms. The Morgan fingerprint density at radius 3 is 2.72 bits per heavy atom. The summed E-state index contributed by atoms with van der Waals surface area (Å²) in [7, 11) is 0. The molecule has 0 spiro atoms. The van der Waals surface area contributed by atoms with Crippen LogP contribution in [0.4, 0.5) is 14.5 Å². The third-order valence-corrected chi connectivity index (χ3v) is 3.02. The van der Waals surface area contributed by atoms with Gasteiger partial charge in [0.25, 0.3) is 5.91 Å². The second kappa shape index (κ2) is 4.76. The molecule has 1 heterocycles. The second-order valence-electron chi connectivity index (χ2n) is 4.41. The zero-order chi connectivity index (χ0) is 13.3. The van der Waals surface area contributed by atoms with Crippen LogP contribution in [-0.4, -0.2) is 23.9 Å². The van der Waals surface area contributed by atoms with Crippen molar-refractivity contribution < 1.29 is 13.6 Å². The summed E-state index contributed by atoms with van der Waals surface area (Å²) in [6.45, 7) is 2.90. The Morgan fingerprint density at radius 1 is 1.39 bits per heavy atom. The Bertz CT molecular complexity index is 526. The van der Waals surface area contributed by atoms with Crippen LogP contribution in [0.25, 0.3) is 0 Å². The first-order valence-corrected chi connectivity index (χ1v) is 5.68. The van der Waals surface area contributed by atoms with Crippen molar-refractivity contribution in [1.29, 1.82) is 0 Å². The topological polar surface area (TPSA) is 46.3 Å². The lowest BCUT2D eigenvalue weighted by atomic mass is 10.1. The summed E-state index contributed by atoms with van der Waals surface area (Å²) < 4.78 is 26.9. The Hall–Kier alpha value is -1.91. The fourth-order valence-electron chi connectivity index (χ4n) is 1.89. The van der Waals surface area contributed by atoms with Gasteiger partial charge in [0.05, 0.1) is 11.3 Å². The predicted octanol–water partition coefficient (Wildman–Crippen LogP) is 2.34. The lowest BCUT2D eigenvalue weighted by Crippen LogP contribution is -2.35. The molecule has 1 amide bonds. The van der Waals surface area contributed by atoms with Crippen molar-refractivity contribution in [3.63, 3.8) is 0 Å². The molecule has 3 nitrogen and oxygen atoms in total. The molecule has 1 aliphatic rings. The van der Waals surface area contributed by atoms with E-state index in [-0.39, 0.29) is 11.3 Å². The van der Waals surface area contributed by atoms with Crippen LogP contribution in [0.1, 0.15) is 23.7 Å². The van der Waals surface area contributed by atoms with Crippen LogP contribution >= 0.6 is 0 Å². The maximum atomic E-state index is 13.7.